The Balaban J connectivity index is 3.07. The molecule has 0 aromatic heterocycles. The van der Waals surface area contributed by atoms with Crippen LogP contribution in [0.4, 0.5) is 5.69 Å². The molecular formula is C13H16ClNO3. The molecule has 0 aliphatic heterocycles. The van der Waals surface area contributed by atoms with Gasteiger partial charge in [-0.05, 0) is 24.6 Å². The Morgan fingerprint density at radius 3 is 2.50 bits per heavy atom. The molecule has 0 aliphatic carbocycles. The number of nitrogens with one attached hydrogen (secondary N) is 1. The maximum atomic E-state index is 12.0. The van der Waals surface area contributed by atoms with E-state index in [-0.39, 0.29) is 17.2 Å². The van der Waals surface area contributed by atoms with Crippen molar-refractivity contribution < 1.29 is 14.7 Å². The summed E-state index contributed by atoms with van der Waals surface area (Å²) in [6.45, 7) is 5.50. The highest BCUT2D eigenvalue weighted by Gasteiger charge is 2.26. The third-order valence-corrected chi connectivity index (χ3v) is 3.19. The van der Waals surface area contributed by atoms with E-state index < -0.39 is 11.4 Å². The summed E-state index contributed by atoms with van der Waals surface area (Å²) in [7, 11) is 0. The van der Waals surface area contributed by atoms with Gasteiger partial charge in [-0.2, -0.15) is 0 Å². The van der Waals surface area contributed by atoms with Crippen LogP contribution in [-0.4, -0.2) is 17.0 Å². The van der Waals surface area contributed by atoms with Crippen molar-refractivity contribution in [2.75, 3.05) is 5.32 Å². The molecule has 0 unspecified atom stereocenters. The van der Waals surface area contributed by atoms with Gasteiger partial charge in [0.2, 0.25) is 5.91 Å². The highest BCUT2D eigenvalue weighted by atomic mass is 35.5. The average molecular weight is 270 g/mol. The number of halogens is 1. The van der Waals surface area contributed by atoms with Gasteiger partial charge in [-0.1, -0.05) is 32.4 Å². The summed E-state index contributed by atoms with van der Waals surface area (Å²) in [5.41, 5.74) is -0.306. The molecule has 1 amide bonds. The Bertz CT molecular complexity index is 483. The van der Waals surface area contributed by atoms with Gasteiger partial charge in [-0.25, -0.2) is 4.79 Å². The van der Waals surface area contributed by atoms with Gasteiger partial charge in [0.05, 0.1) is 11.3 Å². The van der Waals surface area contributed by atoms with Gasteiger partial charge in [0.15, 0.2) is 0 Å². The lowest BCUT2D eigenvalue weighted by molar-refractivity contribution is -0.124. The maximum Gasteiger partial charge on any atom is 0.337 e. The molecule has 18 heavy (non-hydrogen) atoms. The Morgan fingerprint density at radius 2 is 2.00 bits per heavy atom. The van der Waals surface area contributed by atoms with Gasteiger partial charge in [0, 0.05) is 10.4 Å². The zero-order chi connectivity index (χ0) is 13.9. The van der Waals surface area contributed by atoms with Crippen LogP contribution in [0.25, 0.3) is 0 Å². The fraction of sp³-hybridized carbons (Fsp3) is 0.385. The summed E-state index contributed by atoms with van der Waals surface area (Å²) in [5.74, 6) is -1.33. The molecule has 0 aliphatic rings. The highest BCUT2D eigenvalue weighted by Crippen LogP contribution is 2.26. The van der Waals surface area contributed by atoms with E-state index in [0.29, 0.717) is 11.4 Å². The Hall–Kier alpha value is -1.55. The SMILES string of the molecule is CCC(C)(C)C(=O)Nc1cc(Cl)ccc1C(=O)O. The van der Waals surface area contributed by atoms with Crippen molar-refractivity contribution in [3.05, 3.63) is 28.8 Å². The van der Waals surface area contributed by atoms with Gasteiger partial charge >= 0.3 is 5.97 Å². The minimum absolute atomic E-state index is 0.0275. The summed E-state index contributed by atoms with van der Waals surface area (Å²) in [6, 6.07) is 4.29. The van der Waals surface area contributed by atoms with Gasteiger partial charge in [0.1, 0.15) is 0 Å². The zero-order valence-electron chi connectivity index (χ0n) is 10.6. The molecule has 1 aromatic rings. The second-order valence-electron chi connectivity index (χ2n) is 4.69. The number of carbonyl (C=O) groups excluding carboxylic acids is 1. The molecule has 1 aromatic carbocycles. The van der Waals surface area contributed by atoms with E-state index in [4.69, 9.17) is 16.7 Å². The van der Waals surface area contributed by atoms with E-state index in [1.54, 1.807) is 13.8 Å². The standard InChI is InChI=1S/C13H16ClNO3/c1-4-13(2,3)12(18)15-10-7-8(14)5-6-9(10)11(16)17/h5-7H,4H2,1-3H3,(H,15,18)(H,16,17). The highest BCUT2D eigenvalue weighted by molar-refractivity contribution is 6.31. The first-order valence-corrected chi connectivity index (χ1v) is 6.00. The van der Waals surface area contributed by atoms with Crippen LogP contribution in [-0.2, 0) is 4.79 Å². The smallest absolute Gasteiger partial charge is 0.337 e. The van der Waals surface area contributed by atoms with E-state index in [9.17, 15) is 9.59 Å². The van der Waals surface area contributed by atoms with Crippen LogP contribution in [0.15, 0.2) is 18.2 Å². The van der Waals surface area contributed by atoms with E-state index in [1.807, 2.05) is 6.92 Å². The molecule has 0 atom stereocenters. The topological polar surface area (TPSA) is 66.4 Å². The van der Waals surface area contributed by atoms with Gasteiger partial charge in [0.25, 0.3) is 0 Å². The second kappa shape index (κ2) is 5.40. The summed E-state index contributed by atoms with van der Waals surface area (Å²) in [4.78, 5) is 23.0. The van der Waals surface area contributed by atoms with Crippen LogP contribution in [0.3, 0.4) is 0 Å². The van der Waals surface area contributed by atoms with Gasteiger partial charge < -0.3 is 10.4 Å². The molecule has 2 N–H and O–H groups in total. The molecule has 0 heterocycles. The second-order valence-corrected chi connectivity index (χ2v) is 5.12. The molecule has 0 bridgehead atoms. The Morgan fingerprint density at radius 1 is 1.39 bits per heavy atom. The first-order chi connectivity index (χ1) is 8.27. The van der Waals surface area contributed by atoms with Crippen molar-refractivity contribution in [2.45, 2.75) is 27.2 Å². The van der Waals surface area contributed by atoms with E-state index in [0.717, 1.165) is 0 Å². The van der Waals surface area contributed by atoms with Crippen molar-refractivity contribution in [3.8, 4) is 0 Å². The molecule has 0 radical (unpaired) electrons. The summed E-state index contributed by atoms with van der Waals surface area (Å²) in [6.07, 6.45) is 0.655. The quantitative estimate of drug-likeness (QED) is 0.880. The number of aromatic carboxylic acids is 1. The van der Waals surface area contributed by atoms with Crippen molar-refractivity contribution in [1.29, 1.82) is 0 Å². The van der Waals surface area contributed by atoms with Crippen LogP contribution in [0.1, 0.15) is 37.6 Å². The first kappa shape index (κ1) is 14.5. The van der Waals surface area contributed by atoms with Gasteiger partial charge in [-0.3, -0.25) is 4.79 Å². The summed E-state index contributed by atoms with van der Waals surface area (Å²) < 4.78 is 0. The van der Waals surface area contributed by atoms with E-state index in [1.165, 1.54) is 18.2 Å². The van der Waals surface area contributed by atoms with Gasteiger partial charge in [-0.15, -0.1) is 0 Å². The Kier molecular flexibility index (Phi) is 4.35. The molecular weight excluding hydrogens is 254 g/mol. The fourth-order valence-corrected chi connectivity index (χ4v) is 1.43. The number of carboxylic acid groups (broad SMARTS) is 1. The first-order valence-electron chi connectivity index (χ1n) is 5.62. The zero-order valence-corrected chi connectivity index (χ0v) is 11.3. The third kappa shape index (κ3) is 3.23. The molecule has 0 saturated carbocycles. The molecule has 0 fully saturated rings. The van der Waals surface area contributed by atoms with Crippen molar-refractivity contribution in [3.63, 3.8) is 0 Å². The third-order valence-electron chi connectivity index (χ3n) is 2.96. The number of anilines is 1. The van der Waals surface area contributed by atoms with Crippen LogP contribution in [0.5, 0.6) is 0 Å². The van der Waals surface area contributed by atoms with Crippen LogP contribution < -0.4 is 5.32 Å². The number of benzene rings is 1. The normalized spacial score (nSPS) is 11.1. The minimum Gasteiger partial charge on any atom is -0.478 e. The largest absolute Gasteiger partial charge is 0.478 e. The molecule has 5 heteroatoms. The monoisotopic (exact) mass is 269 g/mol. The fourth-order valence-electron chi connectivity index (χ4n) is 1.26. The number of hydrogen-bond donors (Lipinski definition) is 2. The van der Waals surface area contributed by atoms with Crippen molar-refractivity contribution in [2.24, 2.45) is 5.41 Å². The van der Waals surface area contributed by atoms with Crippen molar-refractivity contribution >= 4 is 29.2 Å². The molecule has 0 spiro atoms. The lowest BCUT2D eigenvalue weighted by atomic mass is 9.89. The average Bonchev–Trinajstić information content (AvgIpc) is 2.28. The summed E-state index contributed by atoms with van der Waals surface area (Å²) in [5, 5.41) is 12.0. The minimum atomic E-state index is -1.10. The molecule has 0 saturated heterocycles. The number of carboxylic acids is 1. The number of amides is 1. The number of rotatable bonds is 4. The lowest BCUT2D eigenvalue weighted by Crippen LogP contribution is -2.30. The Labute approximate surface area is 111 Å². The van der Waals surface area contributed by atoms with Crippen LogP contribution in [0, 0.1) is 5.41 Å². The van der Waals surface area contributed by atoms with Crippen LogP contribution >= 0.6 is 11.6 Å². The molecule has 1 rings (SSSR count). The summed E-state index contributed by atoms with van der Waals surface area (Å²) >= 11 is 5.81. The predicted molar refractivity (Wildman–Crippen MR) is 71.1 cm³/mol. The van der Waals surface area contributed by atoms with E-state index in [2.05, 4.69) is 5.32 Å². The van der Waals surface area contributed by atoms with E-state index >= 15 is 0 Å². The van der Waals surface area contributed by atoms with Crippen molar-refractivity contribution in [1.82, 2.24) is 0 Å². The number of carbonyl (C=O) groups is 2. The van der Waals surface area contributed by atoms with Crippen LogP contribution in [0.2, 0.25) is 5.02 Å². The predicted octanol–water partition coefficient (Wildman–Crippen LogP) is 3.41. The molecule has 4 nitrogen and oxygen atoms in total. The molecule has 98 valence electrons. The maximum absolute atomic E-state index is 12.0. The lowest BCUT2D eigenvalue weighted by Gasteiger charge is -2.22. The number of hydrogen-bond acceptors (Lipinski definition) is 2.